The number of aromatic nitrogens is 2. The Morgan fingerprint density at radius 2 is 1.96 bits per heavy atom. The zero-order valence-electron chi connectivity index (χ0n) is 12.5. The van der Waals surface area contributed by atoms with Crippen LogP contribution in [0.4, 0.5) is 0 Å². The molecule has 7 nitrogen and oxygen atoms in total. The molecule has 3 aromatic rings. The van der Waals surface area contributed by atoms with Gasteiger partial charge in [0.1, 0.15) is 5.75 Å². The number of benzene rings is 2. The van der Waals surface area contributed by atoms with Crippen LogP contribution in [0.3, 0.4) is 0 Å². The SMILES string of the molecule is COc1ccc2[nH]c(=S)n(-c3cccc(S(N)(=O)=O)c3)c(=O)c2c1. The molecular formula is C15H13N3O4S2. The monoisotopic (exact) mass is 363 g/mol. The third-order valence-corrected chi connectivity index (χ3v) is 4.70. The van der Waals surface area contributed by atoms with Gasteiger partial charge in [0.2, 0.25) is 10.0 Å². The zero-order chi connectivity index (χ0) is 17.5. The van der Waals surface area contributed by atoms with Crippen molar-refractivity contribution >= 4 is 33.1 Å². The van der Waals surface area contributed by atoms with Gasteiger partial charge >= 0.3 is 0 Å². The predicted molar refractivity (Wildman–Crippen MR) is 92.7 cm³/mol. The maximum Gasteiger partial charge on any atom is 0.266 e. The van der Waals surface area contributed by atoms with Crippen LogP contribution in [0.5, 0.6) is 5.75 Å². The third-order valence-electron chi connectivity index (χ3n) is 3.51. The number of methoxy groups -OCH3 is 1. The summed E-state index contributed by atoms with van der Waals surface area (Å²) in [5, 5.41) is 5.51. The molecule has 0 radical (unpaired) electrons. The van der Waals surface area contributed by atoms with E-state index in [0.717, 1.165) is 0 Å². The Hall–Kier alpha value is -2.49. The molecule has 0 unspecified atom stereocenters. The summed E-state index contributed by atoms with van der Waals surface area (Å²) in [5.41, 5.74) is 0.473. The average molecular weight is 363 g/mol. The topological polar surface area (TPSA) is 107 Å². The van der Waals surface area contributed by atoms with Gasteiger partial charge in [-0.2, -0.15) is 0 Å². The standard InChI is InChI=1S/C15H13N3O4S2/c1-22-10-5-6-13-12(8-10)14(19)18(15(23)17-13)9-3-2-4-11(7-9)24(16,20)21/h2-8H,1H3,(H,17,23)(H2,16,20,21). The van der Waals surface area contributed by atoms with Crippen LogP contribution in [0.25, 0.3) is 16.6 Å². The number of aromatic amines is 1. The molecule has 0 aliphatic carbocycles. The molecule has 124 valence electrons. The smallest absolute Gasteiger partial charge is 0.266 e. The van der Waals surface area contributed by atoms with Gasteiger partial charge in [-0.1, -0.05) is 6.07 Å². The lowest BCUT2D eigenvalue weighted by molar-refractivity contribution is 0.415. The van der Waals surface area contributed by atoms with E-state index in [0.29, 0.717) is 22.3 Å². The molecule has 0 aliphatic rings. The number of nitrogens with zero attached hydrogens (tertiary/aromatic N) is 1. The van der Waals surface area contributed by atoms with E-state index in [2.05, 4.69) is 4.98 Å². The number of hydrogen-bond acceptors (Lipinski definition) is 5. The molecular weight excluding hydrogens is 350 g/mol. The van der Waals surface area contributed by atoms with Crippen molar-refractivity contribution < 1.29 is 13.2 Å². The van der Waals surface area contributed by atoms with Crippen LogP contribution < -0.4 is 15.4 Å². The first-order valence-electron chi connectivity index (χ1n) is 6.77. The molecule has 0 aliphatic heterocycles. The summed E-state index contributed by atoms with van der Waals surface area (Å²) in [4.78, 5) is 15.7. The Bertz CT molecular complexity index is 1160. The number of nitrogens with two attached hydrogens (primary N) is 1. The molecule has 1 aromatic heterocycles. The third kappa shape index (κ3) is 2.84. The van der Waals surface area contributed by atoms with Crippen LogP contribution in [0, 0.1) is 4.77 Å². The Morgan fingerprint density at radius 1 is 1.21 bits per heavy atom. The molecule has 0 spiro atoms. The Balaban J connectivity index is 2.35. The highest BCUT2D eigenvalue weighted by molar-refractivity contribution is 7.89. The van der Waals surface area contributed by atoms with Crippen LogP contribution in [-0.2, 0) is 10.0 Å². The molecule has 0 amide bonds. The molecule has 1 heterocycles. The van der Waals surface area contributed by atoms with Crippen molar-refractivity contribution in [3.05, 3.63) is 57.6 Å². The second kappa shape index (κ2) is 5.86. The van der Waals surface area contributed by atoms with Crippen LogP contribution in [-0.4, -0.2) is 25.1 Å². The zero-order valence-corrected chi connectivity index (χ0v) is 14.1. The van der Waals surface area contributed by atoms with Crippen LogP contribution in [0.1, 0.15) is 0 Å². The van der Waals surface area contributed by atoms with Crippen molar-refractivity contribution in [2.75, 3.05) is 7.11 Å². The fourth-order valence-electron chi connectivity index (χ4n) is 2.35. The number of ether oxygens (including phenoxy) is 1. The minimum Gasteiger partial charge on any atom is -0.497 e. The minimum absolute atomic E-state index is 0.105. The first-order valence-corrected chi connectivity index (χ1v) is 8.73. The van der Waals surface area contributed by atoms with E-state index in [1.54, 1.807) is 24.3 Å². The highest BCUT2D eigenvalue weighted by atomic mass is 32.2. The lowest BCUT2D eigenvalue weighted by Crippen LogP contribution is -2.21. The second-order valence-electron chi connectivity index (χ2n) is 5.02. The van der Waals surface area contributed by atoms with E-state index in [1.165, 1.54) is 29.9 Å². The van der Waals surface area contributed by atoms with Crippen LogP contribution in [0.15, 0.2) is 52.2 Å². The molecule has 3 rings (SSSR count). The van der Waals surface area contributed by atoms with Crippen LogP contribution >= 0.6 is 12.2 Å². The maximum atomic E-state index is 12.8. The summed E-state index contributed by atoms with van der Waals surface area (Å²) < 4.78 is 29.5. The lowest BCUT2D eigenvalue weighted by Gasteiger charge is -2.10. The fourth-order valence-corrected chi connectivity index (χ4v) is 3.21. The molecule has 0 bridgehead atoms. The first kappa shape index (κ1) is 16.4. The molecule has 0 saturated heterocycles. The normalized spacial score (nSPS) is 11.6. The van der Waals surface area contributed by atoms with Gasteiger partial charge in [-0.15, -0.1) is 0 Å². The summed E-state index contributed by atoms with van der Waals surface area (Å²) in [6.45, 7) is 0. The predicted octanol–water partition coefficient (Wildman–Crippen LogP) is 1.70. The van der Waals surface area contributed by atoms with E-state index in [-0.39, 0.29) is 15.2 Å². The second-order valence-corrected chi connectivity index (χ2v) is 6.97. The van der Waals surface area contributed by atoms with E-state index in [1.807, 2.05) is 0 Å². The van der Waals surface area contributed by atoms with Crippen molar-refractivity contribution in [1.29, 1.82) is 0 Å². The minimum atomic E-state index is -3.89. The largest absolute Gasteiger partial charge is 0.497 e. The highest BCUT2D eigenvalue weighted by Gasteiger charge is 2.12. The number of sulfonamides is 1. The van der Waals surface area contributed by atoms with Crippen LogP contribution in [0.2, 0.25) is 0 Å². The van der Waals surface area contributed by atoms with Gasteiger partial charge in [-0.05, 0) is 48.6 Å². The Kier molecular flexibility index (Phi) is 3.99. The Morgan fingerprint density at radius 3 is 2.62 bits per heavy atom. The number of hydrogen-bond donors (Lipinski definition) is 2. The van der Waals surface area contributed by atoms with Gasteiger partial charge in [0.15, 0.2) is 4.77 Å². The number of primary sulfonamides is 1. The number of H-pyrrole nitrogens is 1. The van der Waals surface area contributed by atoms with Crippen molar-refractivity contribution in [2.24, 2.45) is 5.14 Å². The van der Waals surface area contributed by atoms with Gasteiger partial charge in [-0.25, -0.2) is 13.6 Å². The number of nitrogens with one attached hydrogen (secondary N) is 1. The fraction of sp³-hybridized carbons (Fsp3) is 0.0667. The summed E-state index contributed by atoms with van der Waals surface area (Å²) in [6, 6.07) is 10.7. The van der Waals surface area contributed by atoms with E-state index in [9.17, 15) is 13.2 Å². The summed E-state index contributed by atoms with van der Waals surface area (Å²) >= 11 is 5.24. The van der Waals surface area contributed by atoms with Gasteiger partial charge in [0, 0.05) is 0 Å². The van der Waals surface area contributed by atoms with Gasteiger partial charge in [0.05, 0.1) is 28.6 Å². The molecule has 0 fully saturated rings. The molecule has 2 aromatic carbocycles. The van der Waals surface area contributed by atoms with Gasteiger partial charge in [0.25, 0.3) is 5.56 Å². The number of fused-ring (bicyclic) bond motifs is 1. The van der Waals surface area contributed by atoms with Gasteiger partial charge in [-0.3, -0.25) is 9.36 Å². The molecule has 0 saturated carbocycles. The average Bonchev–Trinajstić information content (AvgIpc) is 2.54. The summed E-state index contributed by atoms with van der Waals surface area (Å²) in [7, 11) is -2.39. The van der Waals surface area contributed by atoms with E-state index in [4.69, 9.17) is 22.1 Å². The first-order chi connectivity index (χ1) is 11.3. The molecule has 3 N–H and O–H groups in total. The van der Waals surface area contributed by atoms with Gasteiger partial charge < -0.3 is 9.72 Å². The van der Waals surface area contributed by atoms with Crippen molar-refractivity contribution in [2.45, 2.75) is 4.90 Å². The summed E-state index contributed by atoms with van der Waals surface area (Å²) in [5.74, 6) is 0.523. The quantitative estimate of drug-likeness (QED) is 0.689. The maximum absolute atomic E-state index is 12.8. The van der Waals surface area contributed by atoms with E-state index < -0.39 is 10.0 Å². The lowest BCUT2D eigenvalue weighted by atomic mass is 10.2. The highest BCUT2D eigenvalue weighted by Crippen LogP contribution is 2.18. The van der Waals surface area contributed by atoms with Crippen molar-refractivity contribution in [1.82, 2.24) is 9.55 Å². The number of rotatable bonds is 3. The Labute approximate surface area is 142 Å². The molecule has 0 atom stereocenters. The summed E-state index contributed by atoms with van der Waals surface area (Å²) in [6.07, 6.45) is 0. The van der Waals surface area contributed by atoms with E-state index >= 15 is 0 Å². The van der Waals surface area contributed by atoms with Crippen molar-refractivity contribution in [3.63, 3.8) is 0 Å². The van der Waals surface area contributed by atoms with Crippen molar-refractivity contribution in [3.8, 4) is 11.4 Å². The molecule has 24 heavy (non-hydrogen) atoms. The molecule has 9 heteroatoms.